The fraction of sp³-hybridized carbons (Fsp3) is 0.571. The third kappa shape index (κ3) is 4.64. The van der Waals surface area contributed by atoms with E-state index in [2.05, 4.69) is 15.5 Å². The van der Waals surface area contributed by atoms with Gasteiger partial charge in [-0.15, -0.1) is 0 Å². The van der Waals surface area contributed by atoms with E-state index in [4.69, 9.17) is 0 Å². The number of carbonyl (C=O) groups is 1. The molecule has 0 saturated carbocycles. The van der Waals surface area contributed by atoms with Crippen molar-refractivity contribution < 1.29 is 22.1 Å². The maximum absolute atomic E-state index is 10.9. The highest BCUT2D eigenvalue weighted by Crippen LogP contribution is 2.02. The molecule has 76 valence electrons. The molecule has 0 rings (SSSR count). The molecule has 0 aliphatic carbocycles. The molecule has 0 bridgehead atoms. The minimum absolute atomic E-state index is 0.181. The lowest BCUT2D eigenvalue weighted by atomic mass is 10.4. The highest BCUT2D eigenvalue weighted by molar-refractivity contribution is 7.89. The molecule has 0 heterocycles. The van der Waals surface area contributed by atoms with Crippen molar-refractivity contribution in [3.8, 4) is 0 Å². The number of hydrogen-bond acceptors (Lipinski definition) is 5. The molecule has 0 aromatic carbocycles. The summed E-state index contributed by atoms with van der Waals surface area (Å²) in [6.45, 7) is 6.12. The number of rotatable bonds is 5. The Morgan fingerprint density at radius 1 is 1.62 bits per heavy atom. The molecule has 6 heteroatoms. The Balaban J connectivity index is 4.23. The van der Waals surface area contributed by atoms with Gasteiger partial charge in [-0.2, -0.15) is 8.42 Å². The van der Waals surface area contributed by atoms with E-state index in [0.717, 1.165) is 0 Å². The van der Waals surface area contributed by atoms with Crippen LogP contribution in [0.2, 0.25) is 0 Å². The summed E-state index contributed by atoms with van der Waals surface area (Å²) in [7, 11) is -3.82. The van der Waals surface area contributed by atoms with Gasteiger partial charge in [0.05, 0.1) is 12.0 Å². The van der Waals surface area contributed by atoms with Crippen LogP contribution in [0.1, 0.15) is 13.8 Å². The van der Waals surface area contributed by atoms with Gasteiger partial charge in [0.25, 0.3) is 10.1 Å². The molecule has 0 fully saturated rings. The molecule has 0 N–H and O–H groups in total. The zero-order valence-electron chi connectivity index (χ0n) is 7.52. The zero-order valence-corrected chi connectivity index (χ0v) is 8.33. The molecule has 0 radical (unpaired) electrons. The average molecular weight is 208 g/mol. The lowest BCUT2D eigenvalue weighted by Crippen LogP contribution is -2.25. The van der Waals surface area contributed by atoms with Crippen molar-refractivity contribution in [2.24, 2.45) is 0 Å². The van der Waals surface area contributed by atoms with Crippen LogP contribution in [0.25, 0.3) is 0 Å². The van der Waals surface area contributed by atoms with Crippen LogP contribution in [-0.2, 0) is 23.8 Å². The van der Waals surface area contributed by atoms with E-state index in [0.29, 0.717) is 5.41 Å². The van der Waals surface area contributed by atoms with Gasteiger partial charge >= 0.3 is 5.97 Å². The predicted molar refractivity (Wildman–Crippen MR) is 46.3 cm³/mol. The fourth-order valence-electron chi connectivity index (χ4n) is 0.539. The minimum atomic E-state index is -3.82. The highest BCUT2D eigenvalue weighted by atomic mass is 32.2. The van der Waals surface area contributed by atoms with Gasteiger partial charge in [0.15, 0.2) is 6.10 Å². The summed E-state index contributed by atoms with van der Waals surface area (Å²) >= 11 is 0. The van der Waals surface area contributed by atoms with E-state index in [1.165, 1.54) is 6.92 Å². The maximum atomic E-state index is 10.9. The second-order valence-corrected chi connectivity index (χ2v) is 3.66. The monoisotopic (exact) mass is 208 g/mol. The summed E-state index contributed by atoms with van der Waals surface area (Å²) in [5.74, 6) is -0.715. The Bertz CT molecular complexity index is 279. The van der Waals surface area contributed by atoms with Gasteiger partial charge in [-0.25, -0.2) is 4.79 Å². The SMILES string of the molecule is C=CS(=O)(=O)OC(C)C(=O)OCC. The molecule has 0 saturated heterocycles. The Morgan fingerprint density at radius 2 is 2.15 bits per heavy atom. The van der Waals surface area contributed by atoms with Crippen molar-refractivity contribution >= 4 is 16.1 Å². The van der Waals surface area contributed by atoms with E-state index in [9.17, 15) is 13.2 Å². The van der Waals surface area contributed by atoms with E-state index >= 15 is 0 Å². The molecular weight excluding hydrogens is 196 g/mol. The normalized spacial score (nSPS) is 13.4. The van der Waals surface area contributed by atoms with E-state index in [1.54, 1.807) is 6.92 Å². The van der Waals surface area contributed by atoms with Gasteiger partial charge in [-0.3, -0.25) is 4.18 Å². The highest BCUT2D eigenvalue weighted by Gasteiger charge is 2.20. The number of carbonyl (C=O) groups excluding carboxylic acids is 1. The molecule has 5 nitrogen and oxygen atoms in total. The lowest BCUT2D eigenvalue weighted by molar-refractivity contribution is -0.150. The average Bonchev–Trinajstić information content (AvgIpc) is 2.04. The number of esters is 1. The third-order valence-electron chi connectivity index (χ3n) is 1.10. The first-order valence-electron chi connectivity index (χ1n) is 3.65. The van der Waals surface area contributed by atoms with Gasteiger partial charge in [-0.05, 0) is 13.8 Å². The largest absolute Gasteiger partial charge is 0.464 e. The van der Waals surface area contributed by atoms with Gasteiger partial charge in [0.1, 0.15) is 0 Å². The first-order chi connectivity index (χ1) is 5.93. The van der Waals surface area contributed by atoms with E-state index in [-0.39, 0.29) is 6.61 Å². The van der Waals surface area contributed by atoms with Gasteiger partial charge in [-0.1, -0.05) is 6.58 Å². The molecule has 0 aliphatic heterocycles. The number of ether oxygens (including phenoxy) is 1. The third-order valence-corrected chi connectivity index (χ3v) is 2.07. The van der Waals surface area contributed by atoms with Crippen molar-refractivity contribution in [1.29, 1.82) is 0 Å². The minimum Gasteiger partial charge on any atom is -0.464 e. The van der Waals surface area contributed by atoms with Crippen LogP contribution in [0.4, 0.5) is 0 Å². The summed E-state index contributed by atoms with van der Waals surface area (Å²) in [4.78, 5) is 10.9. The van der Waals surface area contributed by atoms with Crippen molar-refractivity contribution in [3.05, 3.63) is 12.0 Å². The predicted octanol–water partition coefficient (Wildman–Crippen LogP) is 0.428. The lowest BCUT2D eigenvalue weighted by Gasteiger charge is -2.09. The summed E-state index contributed by atoms with van der Waals surface area (Å²) in [5, 5.41) is 0.628. The standard InChI is InChI=1S/C7H12O5S/c1-4-11-7(8)6(3)12-13(9,10)5-2/h5-6H,2,4H2,1,3H3. The molecule has 0 amide bonds. The van der Waals surface area contributed by atoms with E-state index in [1.807, 2.05) is 0 Å². The molecular formula is C7H12O5S. The van der Waals surface area contributed by atoms with Crippen LogP contribution < -0.4 is 0 Å². The van der Waals surface area contributed by atoms with Gasteiger partial charge < -0.3 is 4.74 Å². The Morgan fingerprint density at radius 3 is 2.54 bits per heavy atom. The number of hydrogen-bond donors (Lipinski definition) is 0. The second kappa shape index (κ2) is 4.98. The van der Waals surface area contributed by atoms with Gasteiger partial charge in [0, 0.05) is 0 Å². The Kier molecular flexibility index (Phi) is 4.64. The summed E-state index contributed by atoms with van der Waals surface area (Å²) in [5.41, 5.74) is 0. The van der Waals surface area contributed by atoms with Gasteiger partial charge in [0.2, 0.25) is 0 Å². The molecule has 1 unspecified atom stereocenters. The maximum Gasteiger partial charge on any atom is 0.336 e. The quantitative estimate of drug-likeness (QED) is 0.484. The van der Waals surface area contributed by atoms with Crippen LogP contribution in [0.15, 0.2) is 12.0 Å². The van der Waals surface area contributed by atoms with Crippen LogP contribution in [0, 0.1) is 0 Å². The first kappa shape index (κ1) is 12.1. The molecule has 0 aromatic rings. The van der Waals surface area contributed by atoms with Crippen LogP contribution in [0.5, 0.6) is 0 Å². The van der Waals surface area contributed by atoms with Crippen molar-refractivity contribution in [3.63, 3.8) is 0 Å². The smallest absolute Gasteiger partial charge is 0.336 e. The molecule has 1 atom stereocenters. The van der Waals surface area contributed by atoms with Crippen molar-refractivity contribution in [2.75, 3.05) is 6.61 Å². The van der Waals surface area contributed by atoms with E-state index < -0.39 is 22.2 Å². The molecule has 13 heavy (non-hydrogen) atoms. The van der Waals surface area contributed by atoms with Crippen LogP contribution >= 0.6 is 0 Å². The summed E-state index contributed by atoms with van der Waals surface area (Å²) in [6, 6.07) is 0. The van der Waals surface area contributed by atoms with Crippen molar-refractivity contribution in [1.82, 2.24) is 0 Å². The second-order valence-electron chi connectivity index (χ2n) is 2.15. The zero-order chi connectivity index (χ0) is 10.5. The first-order valence-corrected chi connectivity index (χ1v) is 5.12. The molecule has 0 aromatic heterocycles. The summed E-state index contributed by atoms with van der Waals surface area (Å²) < 4.78 is 30.5. The van der Waals surface area contributed by atoms with Crippen LogP contribution in [0.3, 0.4) is 0 Å². The van der Waals surface area contributed by atoms with Crippen LogP contribution in [-0.4, -0.2) is 27.1 Å². The molecule has 0 aliphatic rings. The Hall–Kier alpha value is -0.880. The molecule has 0 spiro atoms. The topological polar surface area (TPSA) is 69.7 Å². The summed E-state index contributed by atoms with van der Waals surface area (Å²) in [6.07, 6.45) is -1.14. The fourth-order valence-corrected chi connectivity index (χ4v) is 1.10. The van der Waals surface area contributed by atoms with Crippen molar-refractivity contribution in [2.45, 2.75) is 20.0 Å². The Labute approximate surface area is 77.5 Å².